The smallest absolute Gasteiger partial charge is 0.305 e. The number of rotatable bonds is 9. The minimum absolute atomic E-state index is 0.187. The Balaban J connectivity index is 1.97. The molecule has 0 amide bonds. The van der Waals surface area contributed by atoms with Crippen LogP contribution in [0.1, 0.15) is 32.6 Å². The molecular weight excluding hydrogens is 408 g/mol. The fourth-order valence-corrected chi connectivity index (χ4v) is 3.25. The fourth-order valence-electron chi connectivity index (χ4n) is 3.25. The molecule has 0 radical (unpaired) electrons. The van der Waals surface area contributed by atoms with E-state index in [4.69, 9.17) is 18.9 Å². The van der Waals surface area contributed by atoms with Crippen LogP contribution in [0.5, 0.6) is 0 Å². The highest BCUT2D eigenvalue weighted by atomic mass is 16.8. The molecule has 2 aliphatic rings. The van der Waals surface area contributed by atoms with Crippen molar-refractivity contribution >= 4 is 5.97 Å². The van der Waals surface area contributed by atoms with Crippen molar-refractivity contribution in [3.8, 4) is 0 Å². The zero-order valence-electron chi connectivity index (χ0n) is 16.7. The van der Waals surface area contributed by atoms with Crippen LogP contribution >= 0.6 is 0 Å². The van der Waals surface area contributed by atoms with E-state index in [1.54, 1.807) is 0 Å². The molecule has 2 aliphatic heterocycles. The molecule has 2 saturated heterocycles. The van der Waals surface area contributed by atoms with Crippen LogP contribution in [-0.2, 0) is 23.7 Å². The van der Waals surface area contributed by atoms with Crippen molar-refractivity contribution in [2.75, 3.05) is 13.2 Å². The van der Waals surface area contributed by atoms with Crippen LogP contribution in [0.2, 0.25) is 0 Å². The van der Waals surface area contributed by atoms with Gasteiger partial charge in [0.1, 0.15) is 55.4 Å². The van der Waals surface area contributed by atoms with Crippen molar-refractivity contribution in [2.45, 2.75) is 94.0 Å². The summed E-state index contributed by atoms with van der Waals surface area (Å²) in [5, 5.41) is 69.2. The summed E-state index contributed by atoms with van der Waals surface area (Å²) in [5.74, 6) is -0.508. The Morgan fingerprint density at radius 1 is 0.800 bits per heavy atom. The lowest BCUT2D eigenvalue weighted by Crippen LogP contribution is -2.63. The van der Waals surface area contributed by atoms with Crippen molar-refractivity contribution in [3.63, 3.8) is 0 Å². The van der Waals surface area contributed by atoms with Crippen molar-refractivity contribution in [1.29, 1.82) is 0 Å². The van der Waals surface area contributed by atoms with Gasteiger partial charge in [-0.15, -0.1) is 0 Å². The first-order chi connectivity index (χ1) is 14.2. The van der Waals surface area contributed by atoms with Crippen LogP contribution in [0.25, 0.3) is 0 Å². The second-order valence-corrected chi connectivity index (χ2v) is 7.49. The Hall–Kier alpha value is -0.930. The highest BCUT2D eigenvalue weighted by Crippen LogP contribution is 2.28. The lowest BCUT2D eigenvalue weighted by Gasteiger charge is -2.44. The highest BCUT2D eigenvalue weighted by Gasteiger charge is 2.49. The third-order valence-electron chi connectivity index (χ3n) is 5.18. The molecule has 7 N–H and O–H groups in total. The number of hydrogen-bond acceptors (Lipinski definition) is 12. The van der Waals surface area contributed by atoms with Gasteiger partial charge >= 0.3 is 5.97 Å². The normalized spacial score (nSPS) is 42.1. The Labute approximate surface area is 173 Å². The van der Waals surface area contributed by atoms with E-state index in [2.05, 4.69) is 0 Å². The van der Waals surface area contributed by atoms with Gasteiger partial charge in [0, 0.05) is 6.42 Å². The molecule has 12 nitrogen and oxygen atoms in total. The second kappa shape index (κ2) is 11.6. The van der Waals surface area contributed by atoms with Gasteiger partial charge < -0.3 is 54.7 Å². The summed E-state index contributed by atoms with van der Waals surface area (Å²) >= 11 is 0. The SMILES string of the molecule is CCCCCC(=O)OCC1O[C@H](O[C@H]2OC(CO)[C@@H](O)C(O)[C@H]2O)C(O)[C@@H](O)[C@@H]1O. The topological polar surface area (TPSA) is 196 Å². The molecule has 176 valence electrons. The molecule has 0 spiro atoms. The Morgan fingerprint density at radius 2 is 1.33 bits per heavy atom. The molecule has 30 heavy (non-hydrogen) atoms. The summed E-state index contributed by atoms with van der Waals surface area (Å²) in [6.07, 6.45) is -13.3. The van der Waals surface area contributed by atoms with E-state index >= 15 is 0 Å². The Morgan fingerprint density at radius 3 is 1.87 bits per heavy atom. The summed E-state index contributed by atoms with van der Waals surface area (Å²) in [4.78, 5) is 11.8. The number of carbonyl (C=O) groups is 1. The summed E-state index contributed by atoms with van der Waals surface area (Å²) in [7, 11) is 0. The molecule has 4 unspecified atom stereocenters. The van der Waals surface area contributed by atoms with E-state index in [-0.39, 0.29) is 6.42 Å². The van der Waals surface area contributed by atoms with Gasteiger partial charge in [0.15, 0.2) is 12.6 Å². The average Bonchev–Trinajstić information content (AvgIpc) is 2.73. The van der Waals surface area contributed by atoms with E-state index in [0.29, 0.717) is 6.42 Å². The van der Waals surface area contributed by atoms with Crippen molar-refractivity contribution < 1.29 is 59.5 Å². The summed E-state index contributed by atoms with van der Waals surface area (Å²) < 4.78 is 20.9. The van der Waals surface area contributed by atoms with E-state index in [9.17, 15) is 40.5 Å². The van der Waals surface area contributed by atoms with Crippen molar-refractivity contribution in [2.24, 2.45) is 0 Å². The predicted octanol–water partition coefficient (Wildman–Crippen LogP) is -3.27. The number of carbonyl (C=O) groups excluding carboxylic acids is 1. The molecule has 0 aromatic carbocycles. The molecular formula is C18H32O12. The van der Waals surface area contributed by atoms with E-state index in [1.807, 2.05) is 6.92 Å². The number of esters is 1. The minimum Gasteiger partial charge on any atom is -0.463 e. The second-order valence-electron chi connectivity index (χ2n) is 7.49. The molecule has 2 rings (SSSR count). The van der Waals surface area contributed by atoms with E-state index in [0.717, 1.165) is 12.8 Å². The molecule has 0 aliphatic carbocycles. The molecule has 2 heterocycles. The number of unbranched alkanes of at least 4 members (excludes halogenated alkanes) is 2. The Kier molecular flexibility index (Phi) is 9.81. The van der Waals surface area contributed by atoms with Gasteiger partial charge in [-0.1, -0.05) is 19.8 Å². The average molecular weight is 440 g/mol. The van der Waals surface area contributed by atoms with Gasteiger partial charge in [-0.05, 0) is 6.42 Å². The molecule has 12 heteroatoms. The Bertz CT molecular complexity index is 531. The zero-order valence-corrected chi connectivity index (χ0v) is 16.7. The fraction of sp³-hybridized carbons (Fsp3) is 0.944. The first-order valence-electron chi connectivity index (χ1n) is 10.0. The molecule has 0 saturated carbocycles. The van der Waals surface area contributed by atoms with Crippen LogP contribution in [0.3, 0.4) is 0 Å². The van der Waals surface area contributed by atoms with Crippen molar-refractivity contribution in [3.05, 3.63) is 0 Å². The van der Waals surface area contributed by atoms with Gasteiger partial charge in [-0.3, -0.25) is 4.79 Å². The summed E-state index contributed by atoms with van der Waals surface area (Å²) in [6, 6.07) is 0. The lowest BCUT2D eigenvalue weighted by molar-refractivity contribution is -0.376. The van der Waals surface area contributed by atoms with Crippen LogP contribution in [0.4, 0.5) is 0 Å². The maximum atomic E-state index is 11.8. The number of aliphatic hydroxyl groups excluding tert-OH is 7. The number of aliphatic hydroxyl groups is 7. The third kappa shape index (κ3) is 6.07. The first-order valence-corrected chi connectivity index (χ1v) is 10.0. The number of hydrogen-bond donors (Lipinski definition) is 7. The monoisotopic (exact) mass is 440 g/mol. The third-order valence-corrected chi connectivity index (χ3v) is 5.18. The molecule has 0 aromatic heterocycles. The van der Waals surface area contributed by atoms with Gasteiger partial charge in [0.25, 0.3) is 0 Å². The standard InChI is InChI=1S/C18H32O12/c1-2-3-4-5-10(20)27-7-9-12(22)14(24)16(26)18(29-9)30-17-15(25)13(23)11(21)8(6-19)28-17/h8-9,11-19,21-26H,2-7H2,1H3/t8?,9?,11-,12-,13?,14+,15-,16?,17-,18-/m1/s1. The number of ether oxygens (including phenoxy) is 4. The van der Waals surface area contributed by atoms with Crippen LogP contribution in [-0.4, -0.2) is 116 Å². The van der Waals surface area contributed by atoms with Gasteiger partial charge in [0.2, 0.25) is 0 Å². The largest absolute Gasteiger partial charge is 0.463 e. The lowest BCUT2D eigenvalue weighted by atomic mass is 9.98. The summed E-state index contributed by atoms with van der Waals surface area (Å²) in [6.45, 7) is 0.890. The van der Waals surface area contributed by atoms with Gasteiger partial charge in [-0.2, -0.15) is 0 Å². The van der Waals surface area contributed by atoms with Crippen LogP contribution in [0.15, 0.2) is 0 Å². The predicted molar refractivity (Wildman–Crippen MR) is 96.6 cm³/mol. The molecule has 10 atom stereocenters. The van der Waals surface area contributed by atoms with E-state index in [1.165, 1.54) is 0 Å². The maximum absolute atomic E-state index is 11.8. The summed E-state index contributed by atoms with van der Waals surface area (Å²) in [5.41, 5.74) is 0. The highest BCUT2D eigenvalue weighted by molar-refractivity contribution is 5.69. The molecule has 0 bridgehead atoms. The van der Waals surface area contributed by atoms with Crippen LogP contribution < -0.4 is 0 Å². The van der Waals surface area contributed by atoms with Gasteiger partial charge in [0.05, 0.1) is 6.61 Å². The quantitative estimate of drug-likeness (QED) is 0.140. The maximum Gasteiger partial charge on any atom is 0.305 e. The van der Waals surface area contributed by atoms with Crippen LogP contribution in [0, 0.1) is 0 Å². The van der Waals surface area contributed by atoms with E-state index < -0.39 is 80.6 Å². The minimum atomic E-state index is -1.76. The zero-order chi connectivity index (χ0) is 22.4. The first kappa shape index (κ1) is 25.3. The molecule has 0 aromatic rings. The van der Waals surface area contributed by atoms with Gasteiger partial charge in [-0.25, -0.2) is 0 Å². The van der Waals surface area contributed by atoms with Crippen molar-refractivity contribution in [1.82, 2.24) is 0 Å². The molecule has 2 fully saturated rings.